The van der Waals surface area contributed by atoms with Gasteiger partial charge in [0, 0.05) is 6.54 Å². The van der Waals surface area contributed by atoms with Crippen LogP contribution in [0.2, 0.25) is 5.02 Å². The second-order valence-corrected chi connectivity index (χ2v) is 11.3. The minimum Gasteiger partial charge on any atom is -0.365 e. The van der Waals surface area contributed by atoms with Crippen molar-refractivity contribution in [2.45, 2.75) is 39.0 Å². The summed E-state index contributed by atoms with van der Waals surface area (Å²) in [7, 11) is 0. The molecule has 0 radical (unpaired) electrons. The number of fused-ring (bicyclic) bond motifs is 1. The van der Waals surface area contributed by atoms with Crippen LogP contribution in [0.25, 0.3) is 27.0 Å². The monoisotopic (exact) mass is 560 g/mol. The number of nitrogens with zero attached hydrogens (tertiary/aromatic N) is 3. The predicted molar refractivity (Wildman–Crippen MR) is 166 cm³/mol. The van der Waals surface area contributed by atoms with Crippen molar-refractivity contribution in [2.75, 3.05) is 13.1 Å². The summed E-state index contributed by atoms with van der Waals surface area (Å²) in [6, 6.07) is 31.1. The van der Waals surface area contributed by atoms with Crippen LogP contribution in [0.4, 0.5) is 5.69 Å². The predicted octanol–water partition coefficient (Wildman–Crippen LogP) is 8.91. The van der Waals surface area contributed by atoms with E-state index >= 15 is 0 Å². The topological polar surface area (TPSA) is 45.5 Å². The highest BCUT2D eigenvalue weighted by Gasteiger charge is 2.29. The summed E-state index contributed by atoms with van der Waals surface area (Å²) >= 11 is 6.47. The number of rotatable bonds is 8. The molecule has 206 valence electrons. The first kappa shape index (κ1) is 27.2. The second-order valence-electron chi connectivity index (χ2n) is 10.9. The zero-order valence-electron chi connectivity index (χ0n) is 23.2. The number of aromatic amines is 1. The molecule has 1 atom stereocenters. The quantitative estimate of drug-likeness (QED) is 0.193. The standard InChI is InChI=1S/C35H33ClN4O/c1-24-19-31(36)34-32(20-24)38-33(39-34)23-41-35(28-15-17-40(18-16-28)22-25-7-4-3-5-8-25)27-13-11-26(12-14-27)29-9-6-10-30(21-29)37-2/h3-14,19-21,28,35H,15-18,22-23H2,1H3,(H,38,39). The fourth-order valence-corrected chi connectivity index (χ4v) is 6.20. The number of imidazole rings is 1. The van der Waals surface area contributed by atoms with Gasteiger partial charge in [-0.15, -0.1) is 0 Å². The summed E-state index contributed by atoms with van der Waals surface area (Å²) in [5.74, 6) is 1.18. The summed E-state index contributed by atoms with van der Waals surface area (Å²) in [5, 5.41) is 0.655. The smallest absolute Gasteiger partial charge is 0.187 e. The van der Waals surface area contributed by atoms with Gasteiger partial charge in [0.25, 0.3) is 0 Å². The maximum atomic E-state index is 7.35. The van der Waals surface area contributed by atoms with Gasteiger partial charge in [0.15, 0.2) is 5.69 Å². The summed E-state index contributed by atoms with van der Waals surface area (Å²) in [5.41, 5.74) is 8.14. The average molecular weight is 561 g/mol. The van der Waals surface area contributed by atoms with Crippen molar-refractivity contribution >= 4 is 28.3 Å². The number of hydrogen-bond donors (Lipinski definition) is 1. The number of aromatic nitrogens is 2. The highest BCUT2D eigenvalue weighted by atomic mass is 35.5. The SMILES string of the molecule is [C-]#[N+]c1cccc(-c2ccc(C(OCc3nc4c(Cl)cc(C)cc4[nH]3)C3CCN(Cc4ccccc4)CC3)cc2)c1. The van der Waals surface area contributed by atoms with E-state index in [1.165, 1.54) is 11.1 Å². The Bertz CT molecular complexity index is 1660. The minimum absolute atomic E-state index is 0.0529. The van der Waals surface area contributed by atoms with Crippen molar-refractivity contribution in [1.82, 2.24) is 14.9 Å². The third-order valence-corrected chi connectivity index (χ3v) is 8.28. The lowest BCUT2D eigenvalue weighted by Crippen LogP contribution is -2.35. The molecule has 1 unspecified atom stereocenters. The Balaban J connectivity index is 1.21. The Morgan fingerprint density at radius 2 is 1.76 bits per heavy atom. The van der Waals surface area contributed by atoms with Gasteiger partial charge in [-0.25, -0.2) is 9.83 Å². The van der Waals surface area contributed by atoms with E-state index in [2.05, 4.69) is 81.5 Å². The third kappa shape index (κ3) is 6.36. The van der Waals surface area contributed by atoms with E-state index in [0.29, 0.717) is 23.2 Å². The lowest BCUT2D eigenvalue weighted by atomic mass is 9.86. The third-order valence-electron chi connectivity index (χ3n) is 7.99. The normalized spacial score (nSPS) is 15.1. The van der Waals surface area contributed by atoms with Crippen molar-refractivity contribution in [1.29, 1.82) is 0 Å². The Kier molecular flexibility index (Phi) is 8.16. The van der Waals surface area contributed by atoms with Gasteiger partial charge in [0.1, 0.15) is 17.9 Å². The molecule has 6 heteroatoms. The van der Waals surface area contributed by atoms with Crippen LogP contribution in [0.3, 0.4) is 0 Å². The van der Waals surface area contributed by atoms with E-state index in [-0.39, 0.29) is 6.10 Å². The van der Waals surface area contributed by atoms with Gasteiger partial charge in [0.05, 0.1) is 23.2 Å². The van der Waals surface area contributed by atoms with Gasteiger partial charge in [0.2, 0.25) is 0 Å². The molecule has 0 spiro atoms. The number of hydrogen-bond acceptors (Lipinski definition) is 3. The molecular weight excluding hydrogens is 528 g/mol. The molecule has 0 bridgehead atoms. The van der Waals surface area contributed by atoms with Crippen LogP contribution in [-0.4, -0.2) is 28.0 Å². The zero-order chi connectivity index (χ0) is 28.2. The molecule has 0 amide bonds. The van der Waals surface area contributed by atoms with E-state index in [9.17, 15) is 0 Å². The van der Waals surface area contributed by atoms with Crippen LogP contribution in [-0.2, 0) is 17.9 Å². The number of H-pyrrole nitrogens is 1. The fourth-order valence-electron chi connectivity index (χ4n) is 5.88. The molecule has 1 aliphatic rings. The van der Waals surface area contributed by atoms with Crippen LogP contribution in [0.5, 0.6) is 0 Å². The maximum absolute atomic E-state index is 7.35. The number of likely N-dealkylation sites (tertiary alicyclic amines) is 1. The van der Waals surface area contributed by atoms with Gasteiger partial charge in [-0.3, -0.25) is 4.90 Å². The van der Waals surface area contributed by atoms with Crippen molar-refractivity contribution in [2.24, 2.45) is 5.92 Å². The molecule has 2 heterocycles. The van der Waals surface area contributed by atoms with Crippen LogP contribution in [0, 0.1) is 19.4 Å². The summed E-state index contributed by atoms with van der Waals surface area (Å²) < 4.78 is 6.69. The molecule has 5 nitrogen and oxygen atoms in total. The molecule has 5 aromatic rings. The molecule has 1 aliphatic heterocycles. The first-order chi connectivity index (χ1) is 20.1. The molecule has 0 aliphatic carbocycles. The average Bonchev–Trinajstić information content (AvgIpc) is 3.42. The number of halogens is 1. The summed E-state index contributed by atoms with van der Waals surface area (Å²) in [4.78, 5) is 14.3. The van der Waals surface area contributed by atoms with Crippen molar-refractivity contribution < 1.29 is 4.74 Å². The highest BCUT2D eigenvalue weighted by molar-refractivity contribution is 6.35. The van der Waals surface area contributed by atoms with Crippen molar-refractivity contribution in [3.05, 3.63) is 130 Å². The second kappa shape index (κ2) is 12.3. The molecule has 1 fully saturated rings. The van der Waals surface area contributed by atoms with Crippen LogP contribution in [0.1, 0.15) is 41.5 Å². The van der Waals surface area contributed by atoms with Crippen molar-refractivity contribution in [3.63, 3.8) is 0 Å². The van der Waals surface area contributed by atoms with E-state index in [0.717, 1.165) is 66.0 Å². The zero-order valence-corrected chi connectivity index (χ0v) is 23.9. The van der Waals surface area contributed by atoms with Crippen LogP contribution < -0.4 is 0 Å². The van der Waals surface area contributed by atoms with E-state index in [4.69, 9.17) is 27.9 Å². The van der Waals surface area contributed by atoms with E-state index in [1.807, 2.05) is 31.2 Å². The Morgan fingerprint density at radius 1 is 0.976 bits per heavy atom. The van der Waals surface area contributed by atoms with Gasteiger partial charge < -0.3 is 9.72 Å². The van der Waals surface area contributed by atoms with Crippen LogP contribution in [0.15, 0.2) is 91.0 Å². The minimum atomic E-state index is -0.0529. The number of ether oxygens (including phenoxy) is 1. The van der Waals surface area contributed by atoms with E-state index in [1.54, 1.807) is 0 Å². The molecule has 1 aromatic heterocycles. The fraction of sp³-hybridized carbons (Fsp3) is 0.257. The van der Waals surface area contributed by atoms with Gasteiger partial charge in [-0.1, -0.05) is 84.4 Å². The molecule has 6 rings (SSSR count). The number of aryl methyl sites for hydroxylation is 1. The Hall–Kier alpha value is -3.95. The first-order valence-electron chi connectivity index (χ1n) is 14.2. The summed E-state index contributed by atoms with van der Waals surface area (Å²) in [6.45, 7) is 12.8. The maximum Gasteiger partial charge on any atom is 0.187 e. The molecular formula is C35H33ClN4O. The molecule has 1 N–H and O–H groups in total. The van der Waals surface area contributed by atoms with Crippen molar-refractivity contribution in [3.8, 4) is 11.1 Å². The molecule has 1 saturated heterocycles. The van der Waals surface area contributed by atoms with E-state index < -0.39 is 0 Å². The Morgan fingerprint density at radius 3 is 2.51 bits per heavy atom. The van der Waals surface area contributed by atoms with Crippen LogP contribution >= 0.6 is 11.6 Å². The van der Waals surface area contributed by atoms with Gasteiger partial charge >= 0.3 is 0 Å². The number of piperidine rings is 1. The molecule has 41 heavy (non-hydrogen) atoms. The molecule has 4 aromatic carbocycles. The lowest BCUT2D eigenvalue weighted by Gasteiger charge is -2.36. The highest BCUT2D eigenvalue weighted by Crippen LogP contribution is 2.36. The largest absolute Gasteiger partial charge is 0.365 e. The Labute approximate surface area is 246 Å². The summed E-state index contributed by atoms with van der Waals surface area (Å²) in [6.07, 6.45) is 2.08. The molecule has 0 saturated carbocycles. The van der Waals surface area contributed by atoms with Gasteiger partial charge in [-0.2, -0.15) is 0 Å². The number of nitrogens with one attached hydrogen (secondary N) is 1. The van der Waals surface area contributed by atoms with Gasteiger partial charge in [-0.05, 0) is 84.8 Å². The first-order valence-corrected chi connectivity index (χ1v) is 14.5. The number of benzene rings is 4. The lowest BCUT2D eigenvalue weighted by molar-refractivity contribution is -0.0243.